The van der Waals surface area contributed by atoms with Crippen molar-refractivity contribution >= 4 is 5.91 Å². The van der Waals surface area contributed by atoms with Crippen molar-refractivity contribution in [3.63, 3.8) is 0 Å². The van der Waals surface area contributed by atoms with Gasteiger partial charge in [-0.1, -0.05) is 0 Å². The van der Waals surface area contributed by atoms with Gasteiger partial charge in [-0.05, 0) is 33.1 Å². The Morgan fingerprint density at radius 3 is 3.08 bits per heavy atom. The number of rotatable bonds is 5. The Balaban J connectivity index is 1.44. The predicted molar refractivity (Wildman–Crippen MR) is 94.5 cm³/mol. The summed E-state index contributed by atoms with van der Waals surface area (Å²) in [5.41, 5.74) is 1.26. The maximum atomic E-state index is 12.8. The molecular weight excluding hydrogens is 334 g/mol. The number of fused-ring (bicyclic) bond motifs is 1. The Kier molecular flexibility index (Phi) is 4.57. The lowest BCUT2D eigenvalue weighted by Gasteiger charge is -2.21. The summed E-state index contributed by atoms with van der Waals surface area (Å²) < 4.78 is 15.3. The van der Waals surface area contributed by atoms with Crippen molar-refractivity contribution in [2.75, 3.05) is 6.61 Å². The molecule has 3 heterocycles. The molecule has 2 atom stereocenters. The Labute approximate surface area is 152 Å². The van der Waals surface area contributed by atoms with E-state index < -0.39 is 0 Å². The molecule has 2 aliphatic rings. The van der Waals surface area contributed by atoms with Gasteiger partial charge < -0.3 is 14.8 Å². The van der Waals surface area contributed by atoms with Crippen molar-refractivity contribution in [2.24, 2.45) is 0 Å². The molecule has 1 aliphatic carbocycles. The molecule has 0 unspecified atom stereocenters. The molecule has 4 rings (SSSR count). The van der Waals surface area contributed by atoms with Crippen LogP contribution in [0.5, 0.6) is 11.6 Å². The summed E-state index contributed by atoms with van der Waals surface area (Å²) in [5, 5.41) is 11.8. The zero-order valence-electron chi connectivity index (χ0n) is 15.3. The minimum atomic E-state index is -0.155. The largest absolute Gasteiger partial charge is 0.485 e. The molecule has 2 aromatic heterocycles. The maximum Gasteiger partial charge on any atom is 0.272 e. The van der Waals surface area contributed by atoms with Gasteiger partial charge in [-0.3, -0.25) is 9.48 Å². The van der Waals surface area contributed by atoms with E-state index in [0.29, 0.717) is 18.2 Å². The molecule has 1 fully saturated rings. The van der Waals surface area contributed by atoms with Crippen molar-refractivity contribution in [3.05, 3.63) is 23.7 Å². The molecule has 8 heteroatoms. The van der Waals surface area contributed by atoms with Crippen LogP contribution in [0.15, 0.2) is 12.4 Å². The first-order valence-electron chi connectivity index (χ1n) is 9.36. The highest BCUT2D eigenvalue weighted by atomic mass is 16.5. The lowest BCUT2D eigenvalue weighted by Crippen LogP contribution is -2.42. The summed E-state index contributed by atoms with van der Waals surface area (Å²) in [4.78, 5) is 12.8. The first kappa shape index (κ1) is 16.9. The average molecular weight is 359 g/mol. The number of hydrogen-bond acceptors (Lipinski definition) is 5. The van der Waals surface area contributed by atoms with Crippen LogP contribution in [0.4, 0.5) is 0 Å². The van der Waals surface area contributed by atoms with E-state index in [1.165, 1.54) is 0 Å². The van der Waals surface area contributed by atoms with Gasteiger partial charge in [0.05, 0.1) is 25.0 Å². The topological polar surface area (TPSA) is 83.2 Å². The van der Waals surface area contributed by atoms with Crippen molar-refractivity contribution in [1.29, 1.82) is 0 Å². The number of carbonyl (C=O) groups excluding carboxylic acids is 1. The average Bonchev–Trinajstić information content (AvgIpc) is 3.36. The number of amides is 1. The highest BCUT2D eigenvalue weighted by molar-refractivity contribution is 5.94. The molecule has 0 spiro atoms. The number of aromatic nitrogens is 4. The number of hydrogen-bond donors (Lipinski definition) is 1. The lowest BCUT2D eigenvalue weighted by atomic mass is 10.2. The van der Waals surface area contributed by atoms with E-state index in [1.54, 1.807) is 10.9 Å². The molecule has 140 valence electrons. The van der Waals surface area contributed by atoms with E-state index in [-0.39, 0.29) is 18.1 Å². The predicted octanol–water partition coefficient (Wildman–Crippen LogP) is 1.92. The van der Waals surface area contributed by atoms with Crippen LogP contribution in [0.2, 0.25) is 0 Å². The number of ether oxygens (including phenoxy) is 2. The fourth-order valence-electron chi connectivity index (χ4n) is 3.69. The van der Waals surface area contributed by atoms with Crippen molar-refractivity contribution in [3.8, 4) is 11.6 Å². The number of nitrogens with zero attached hydrogens (tertiary/aromatic N) is 4. The van der Waals surface area contributed by atoms with Gasteiger partial charge in [0.2, 0.25) is 5.88 Å². The summed E-state index contributed by atoms with van der Waals surface area (Å²) in [7, 11) is 0. The van der Waals surface area contributed by atoms with Crippen LogP contribution in [0, 0.1) is 6.92 Å². The summed E-state index contributed by atoms with van der Waals surface area (Å²) in [6, 6.07) is -0.0217. The van der Waals surface area contributed by atoms with Gasteiger partial charge in [-0.25, -0.2) is 4.68 Å². The summed E-state index contributed by atoms with van der Waals surface area (Å²) in [5.74, 6) is 1.31. The van der Waals surface area contributed by atoms with Gasteiger partial charge in [0.1, 0.15) is 6.10 Å². The number of aryl methyl sites for hydroxylation is 2. The Bertz CT molecular complexity index is 797. The second-order valence-corrected chi connectivity index (χ2v) is 6.90. The molecule has 26 heavy (non-hydrogen) atoms. The normalized spacial score (nSPS) is 21.9. The van der Waals surface area contributed by atoms with E-state index in [9.17, 15) is 4.79 Å². The van der Waals surface area contributed by atoms with Crippen LogP contribution in [-0.2, 0) is 13.1 Å². The molecule has 0 bridgehead atoms. The third-order valence-electron chi connectivity index (χ3n) is 5.09. The van der Waals surface area contributed by atoms with Gasteiger partial charge in [-0.15, -0.1) is 0 Å². The van der Waals surface area contributed by atoms with Crippen LogP contribution in [0.3, 0.4) is 0 Å². The van der Waals surface area contributed by atoms with Gasteiger partial charge in [0.25, 0.3) is 5.91 Å². The molecule has 2 aromatic rings. The molecule has 1 amide bonds. The third-order valence-corrected chi connectivity index (χ3v) is 5.09. The SMILES string of the molecule is CCn1cc(O[C@@H]2CCC[C@@H]2NC(=O)c2nn3c(c2C)OCCC3)cn1. The van der Waals surface area contributed by atoms with Gasteiger partial charge in [0.15, 0.2) is 11.4 Å². The molecular formula is C18H25N5O3. The second kappa shape index (κ2) is 7.01. The summed E-state index contributed by atoms with van der Waals surface area (Å²) in [6.45, 7) is 6.20. The Morgan fingerprint density at radius 2 is 2.31 bits per heavy atom. The summed E-state index contributed by atoms with van der Waals surface area (Å²) in [6.07, 6.45) is 7.35. The molecule has 0 radical (unpaired) electrons. The van der Waals surface area contributed by atoms with E-state index in [2.05, 4.69) is 15.5 Å². The second-order valence-electron chi connectivity index (χ2n) is 6.90. The monoisotopic (exact) mass is 359 g/mol. The van der Waals surface area contributed by atoms with Crippen molar-refractivity contribution in [1.82, 2.24) is 24.9 Å². The van der Waals surface area contributed by atoms with Gasteiger partial charge in [-0.2, -0.15) is 10.2 Å². The molecule has 0 saturated heterocycles. The highest BCUT2D eigenvalue weighted by Gasteiger charge is 2.32. The molecule has 1 aliphatic heterocycles. The van der Waals surface area contributed by atoms with Crippen molar-refractivity contribution < 1.29 is 14.3 Å². The van der Waals surface area contributed by atoms with Crippen molar-refractivity contribution in [2.45, 2.75) is 64.8 Å². The van der Waals surface area contributed by atoms with Crippen LogP contribution in [-0.4, -0.2) is 44.2 Å². The van der Waals surface area contributed by atoms with E-state index in [1.807, 2.05) is 24.7 Å². The molecule has 1 N–H and O–H groups in total. The third kappa shape index (κ3) is 3.15. The van der Waals surface area contributed by atoms with Crippen LogP contribution in [0.25, 0.3) is 0 Å². The quantitative estimate of drug-likeness (QED) is 0.882. The first-order valence-corrected chi connectivity index (χ1v) is 9.36. The van der Waals surface area contributed by atoms with E-state index in [0.717, 1.165) is 50.1 Å². The minimum Gasteiger partial charge on any atom is -0.485 e. The van der Waals surface area contributed by atoms with Gasteiger partial charge >= 0.3 is 0 Å². The highest BCUT2D eigenvalue weighted by Crippen LogP contribution is 2.27. The zero-order chi connectivity index (χ0) is 18.1. The molecule has 0 aromatic carbocycles. The van der Waals surface area contributed by atoms with Crippen LogP contribution in [0.1, 0.15) is 48.7 Å². The number of nitrogens with one attached hydrogen (secondary N) is 1. The van der Waals surface area contributed by atoms with E-state index >= 15 is 0 Å². The Morgan fingerprint density at radius 1 is 1.42 bits per heavy atom. The number of carbonyl (C=O) groups is 1. The van der Waals surface area contributed by atoms with E-state index in [4.69, 9.17) is 9.47 Å². The maximum absolute atomic E-state index is 12.8. The van der Waals surface area contributed by atoms with Crippen LogP contribution < -0.4 is 14.8 Å². The minimum absolute atomic E-state index is 0.0217. The lowest BCUT2D eigenvalue weighted by molar-refractivity contribution is 0.0887. The molecule has 8 nitrogen and oxygen atoms in total. The molecule has 1 saturated carbocycles. The standard InChI is InChI=1S/C18H25N5O3/c1-3-22-11-13(10-19-22)26-15-7-4-6-14(15)20-17(24)16-12(2)18-23(21-16)8-5-9-25-18/h10-11,14-15H,3-9H2,1-2H3,(H,20,24)/t14-,15+/m0/s1. The zero-order valence-corrected chi connectivity index (χ0v) is 15.3. The fourth-order valence-corrected chi connectivity index (χ4v) is 3.69. The first-order chi connectivity index (χ1) is 12.7. The van der Waals surface area contributed by atoms with Crippen LogP contribution >= 0.6 is 0 Å². The smallest absolute Gasteiger partial charge is 0.272 e. The summed E-state index contributed by atoms with van der Waals surface area (Å²) >= 11 is 0. The Hall–Kier alpha value is -2.51. The van der Waals surface area contributed by atoms with Gasteiger partial charge in [0, 0.05) is 25.1 Å². The fraction of sp³-hybridized carbons (Fsp3) is 0.611.